The summed E-state index contributed by atoms with van der Waals surface area (Å²) in [4.78, 5) is 16.4. The maximum Gasteiger partial charge on any atom is 0.237 e. The van der Waals surface area contributed by atoms with Gasteiger partial charge in [-0.05, 0) is 44.7 Å². The lowest BCUT2D eigenvalue weighted by Gasteiger charge is -2.25. The van der Waals surface area contributed by atoms with Crippen LogP contribution >= 0.6 is 11.8 Å². The number of carbonyl (C=O) groups is 1. The summed E-state index contributed by atoms with van der Waals surface area (Å²) >= 11 is 1.76. The number of carbonyl (C=O) groups excluding carboxylic acids is 1. The number of pyridine rings is 1. The minimum atomic E-state index is -0.598. The smallest absolute Gasteiger partial charge is 0.237 e. The van der Waals surface area contributed by atoms with Crippen molar-refractivity contribution in [1.82, 2.24) is 10.3 Å². The molecule has 0 radical (unpaired) electrons. The van der Waals surface area contributed by atoms with Gasteiger partial charge in [-0.15, -0.1) is 11.8 Å². The van der Waals surface area contributed by atoms with Gasteiger partial charge in [-0.2, -0.15) is 0 Å². The molecule has 1 rings (SSSR count). The van der Waals surface area contributed by atoms with Crippen LogP contribution in [0.5, 0.6) is 0 Å². The fourth-order valence-electron chi connectivity index (χ4n) is 1.42. The number of primary amides is 1. The molecule has 0 spiro atoms. The fraction of sp³-hybridized carbons (Fsp3) is 0.500. The van der Waals surface area contributed by atoms with Crippen molar-refractivity contribution in [2.75, 3.05) is 12.8 Å². The zero-order valence-electron chi connectivity index (χ0n) is 10.3. The van der Waals surface area contributed by atoms with Crippen LogP contribution in [0.2, 0.25) is 0 Å². The predicted molar refractivity (Wildman–Crippen MR) is 70.9 cm³/mol. The van der Waals surface area contributed by atoms with Crippen LogP contribution in [0.15, 0.2) is 29.4 Å². The molecule has 0 aliphatic carbocycles. The zero-order chi connectivity index (χ0) is 12.7. The van der Waals surface area contributed by atoms with E-state index in [1.807, 2.05) is 19.1 Å². The Bertz CT molecular complexity index is 358. The first-order valence-electron chi connectivity index (χ1n) is 5.60. The summed E-state index contributed by atoms with van der Waals surface area (Å²) in [5.74, 6) is 0.670. The summed E-state index contributed by atoms with van der Waals surface area (Å²) < 4.78 is 0. The highest BCUT2D eigenvalue weighted by molar-refractivity contribution is 7.99. The lowest BCUT2D eigenvalue weighted by molar-refractivity contribution is -0.123. The van der Waals surface area contributed by atoms with Gasteiger partial charge >= 0.3 is 0 Å². The van der Waals surface area contributed by atoms with Crippen molar-refractivity contribution in [3.8, 4) is 0 Å². The van der Waals surface area contributed by atoms with Crippen LogP contribution < -0.4 is 11.1 Å². The molecule has 0 saturated heterocycles. The minimum absolute atomic E-state index is 0.297. The van der Waals surface area contributed by atoms with E-state index in [9.17, 15) is 4.79 Å². The van der Waals surface area contributed by atoms with Gasteiger partial charge in [-0.25, -0.2) is 0 Å². The molecule has 0 aliphatic rings. The predicted octanol–water partition coefficient (Wildman–Crippen LogP) is 1.42. The zero-order valence-corrected chi connectivity index (χ0v) is 11.1. The fourth-order valence-corrected chi connectivity index (χ4v) is 2.26. The van der Waals surface area contributed by atoms with Crippen LogP contribution in [-0.2, 0) is 4.79 Å². The highest BCUT2D eigenvalue weighted by Crippen LogP contribution is 2.20. The number of hydrogen-bond donors (Lipinski definition) is 2. The molecule has 0 saturated carbocycles. The monoisotopic (exact) mass is 253 g/mol. The van der Waals surface area contributed by atoms with Gasteiger partial charge in [0.15, 0.2) is 0 Å². The maximum atomic E-state index is 11.3. The third kappa shape index (κ3) is 4.36. The number of thioether (sulfide) groups is 1. The molecule has 94 valence electrons. The van der Waals surface area contributed by atoms with E-state index in [4.69, 9.17) is 5.73 Å². The second kappa shape index (κ2) is 6.61. The van der Waals surface area contributed by atoms with E-state index in [0.717, 1.165) is 18.6 Å². The molecule has 17 heavy (non-hydrogen) atoms. The standard InChI is InChI=1S/C12H19N3OS/c1-12(14-2,11(13)16)6-3-9-17-10-4-7-15-8-5-10/h4-5,7-8,14H,3,6,9H2,1-2H3,(H2,13,16). The number of aromatic nitrogens is 1. The Kier molecular flexibility index (Phi) is 5.44. The van der Waals surface area contributed by atoms with Crippen LogP contribution in [0.1, 0.15) is 19.8 Å². The number of hydrogen-bond acceptors (Lipinski definition) is 4. The number of amides is 1. The van der Waals surface area contributed by atoms with Gasteiger partial charge < -0.3 is 11.1 Å². The Morgan fingerprint density at radius 3 is 2.71 bits per heavy atom. The minimum Gasteiger partial charge on any atom is -0.368 e. The van der Waals surface area contributed by atoms with Gasteiger partial charge in [-0.3, -0.25) is 9.78 Å². The molecule has 4 nitrogen and oxygen atoms in total. The van der Waals surface area contributed by atoms with E-state index in [1.165, 1.54) is 4.90 Å². The van der Waals surface area contributed by atoms with Crippen LogP contribution in [0.25, 0.3) is 0 Å². The number of likely N-dealkylation sites (N-methyl/N-ethyl adjacent to an activating group) is 1. The molecule has 1 aromatic heterocycles. The first kappa shape index (κ1) is 14.0. The van der Waals surface area contributed by atoms with E-state index in [-0.39, 0.29) is 5.91 Å². The van der Waals surface area contributed by atoms with Gasteiger partial charge in [0.25, 0.3) is 0 Å². The van der Waals surface area contributed by atoms with E-state index in [1.54, 1.807) is 31.2 Å². The first-order chi connectivity index (χ1) is 8.08. The number of rotatable bonds is 7. The van der Waals surface area contributed by atoms with Crippen molar-refractivity contribution in [1.29, 1.82) is 0 Å². The van der Waals surface area contributed by atoms with Crippen molar-refractivity contribution in [2.24, 2.45) is 5.73 Å². The van der Waals surface area contributed by atoms with Gasteiger partial charge in [0, 0.05) is 17.3 Å². The van der Waals surface area contributed by atoms with E-state index in [2.05, 4.69) is 10.3 Å². The van der Waals surface area contributed by atoms with Crippen LogP contribution in [-0.4, -0.2) is 29.2 Å². The molecule has 1 amide bonds. The lowest BCUT2D eigenvalue weighted by Crippen LogP contribution is -2.51. The Hall–Kier alpha value is -1.07. The molecule has 0 aliphatic heterocycles. The largest absolute Gasteiger partial charge is 0.368 e. The highest BCUT2D eigenvalue weighted by atomic mass is 32.2. The molecule has 0 fully saturated rings. The normalized spacial score (nSPS) is 14.2. The summed E-state index contributed by atoms with van der Waals surface area (Å²) in [5, 5.41) is 2.98. The molecule has 0 aromatic carbocycles. The van der Waals surface area contributed by atoms with E-state index >= 15 is 0 Å². The van der Waals surface area contributed by atoms with Crippen molar-refractivity contribution in [2.45, 2.75) is 30.2 Å². The van der Waals surface area contributed by atoms with Crippen LogP contribution in [0.3, 0.4) is 0 Å². The summed E-state index contributed by atoms with van der Waals surface area (Å²) in [6.45, 7) is 1.84. The molecule has 1 unspecified atom stereocenters. The molecule has 0 bridgehead atoms. The Morgan fingerprint density at radius 1 is 1.53 bits per heavy atom. The maximum absolute atomic E-state index is 11.3. The first-order valence-corrected chi connectivity index (χ1v) is 6.59. The van der Waals surface area contributed by atoms with Crippen molar-refractivity contribution < 1.29 is 4.79 Å². The molecule has 1 atom stereocenters. The highest BCUT2D eigenvalue weighted by Gasteiger charge is 2.27. The summed E-state index contributed by atoms with van der Waals surface area (Å²) in [6, 6.07) is 3.96. The second-order valence-corrected chi connectivity index (χ2v) is 5.25. The molecule has 1 aromatic rings. The van der Waals surface area contributed by atoms with Crippen molar-refractivity contribution in [3.05, 3.63) is 24.5 Å². The number of nitrogens with two attached hydrogens (primary N) is 1. The topological polar surface area (TPSA) is 68.0 Å². The average Bonchev–Trinajstić information content (AvgIpc) is 2.35. The summed E-state index contributed by atoms with van der Waals surface area (Å²) in [6.07, 6.45) is 5.25. The Morgan fingerprint density at radius 2 is 2.18 bits per heavy atom. The molecular formula is C12H19N3OS. The molecule has 3 N–H and O–H groups in total. The quantitative estimate of drug-likeness (QED) is 0.569. The molecule has 5 heteroatoms. The van der Waals surface area contributed by atoms with Gasteiger partial charge in [0.2, 0.25) is 5.91 Å². The van der Waals surface area contributed by atoms with Gasteiger partial charge in [0.05, 0.1) is 5.54 Å². The SMILES string of the molecule is CNC(C)(CCCSc1ccncc1)C(N)=O. The Labute approximate surface area is 106 Å². The van der Waals surface area contributed by atoms with E-state index in [0.29, 0.717) is 0 Å². The Balaban J connectivity index is 2.31. The molecule has 1 heterocycles. The number of nitrogens with zero attached hydrogens (tertiary/aromatic N) is 1. The van der Waals surface area contributed by atoms with Gasteiger partial charge in [0.1, 0.15) is 0 Å². The summed E-state index contributed by atoms with van der Waals surface area (Å²) in [7, 11) is 1.76. The third-order valence-electron chi connectivity index (χ3n) is 2.84. The second-order valence-electron chi connectivity index (χ2n) is 4.08. The number of nitrogens with one attached hydrogen (secondary N) is 1. The average molecular weight is 253 g/mol. The van der Waals surface area contributed by atoms with Crippen molar-refractivity contribution >= 4 is 17.7 Å². The third-order valence-corrected chi connectivity index (χ3v) is 3.93. The van der Waals surface area contributed by atoms with Gasteiger partial charge in [-0.1, -0.05) is 0 Å². The van der Waals surface area contributed by atoms with E-state index < -0.39 is 5.54 Å². The summed E-state index contributed by atoms with van der Waals surface area (Å²) in [5.41, 5.74) is 4.76. The van der Waals surface area contributed by atoms with Crippen LogP contribution in [0.4, 0.5) is 0 Å². The molecular weight excluding hydrogens is 234 g/mol. The van der Waals surface area contributed by atoms with Crippen LogP contribution in [0, 0.1) is 0 Å². The van der Waals surface area contributed by atoms with Crippen molar-refractivity contribution in [3.63, 3.8) is 0 Å². The lowest BCUT2D eigenvalue weighted by atomic mass is 9.96.